The summed E-state index contributed by atoms with van der Waals surface area (Å²) in [6.07, 6.45) is 7.48. The summed E-state index contributed by atoms with van der Waals surface area (Å²) < 4.78 is 1.28. The van der Waals surface area contributed by atoms with Gasteiger partial charge in [0.1, 0.15) is 5.69 Å². The van der Waals surface area contributed by atoms with E-state index in [1.807, 2.05) is 0 Å². The number of hydrogen-bond acceptors (Lipinski definition) is 4. The molecule has 2 amide bonds. The summed E-state index contributed by atoms with van der Waals surface area (Å²) in [4.78, 5) is 33.3. The molecule has 0 aliphatic carbocycles. The van der Waals surface area contributed by atoms with Crippen LogP contribution in [0.25, 0.3) is 5.78 Å². The minimum Gasteiger partial charge on any atom is -0.308 e. The van der Waals surface area contributed by atoms with Gasteiger partial charge in [-0.25, -0.2) is 14.8 Å². The van der Waals surface area contributed by atoms with Crippen molar-refractivity contribution in [3.05, 3.63) is 59.6 Å². The van der Waals surface area contributed by atoms with E-state index in [1.165, 1.54) is 21.7 Å². The first-order valence-corrected chi connectivity index (χ1v) is 5.46. The van der Waals surface area contributed by atoms with Crippen molar-refractivity contribution in [2.75, 3.05) is 4.90 Å². The van der Waals surface area contributed by atoms with E-state index in [9.17, 15) is 9.59 Å². The summed E-state index contributed by atoms with van der Waals surface area (Å²) in [7, 11) is 0. The molecule has 7 nitrogen and oxygen atoms in total. The number of fused-ring (bicyclic) bond motifs is 1. The third-order valence-corrected chi connectivity index (χ3v) is 2.64. The molecule has 0 saturated heterocycles. The minimum absolute atomic E-state index is 0.145. The highest BCUT2D eigenvalue weighted by Gasteiger charge is 2.21. The number of urea groups is 1. The van der Waals surface area contributed by atoms with Gasteiger partial charge in [0.05, 0.1) is 6.20 Å². The molecule has 1 aliphatic heterocycles. The Morgan fingerprint density at radius 2 is 2.11 bits per heavy atom. The Kier molecular flexibility index (Phi) is 2.38. The summed E-state index contributed by atoms with van der Waals surface area (Å²) >= 11 is 0. The first-order chi connectivity index (χ1) is 9.16. The molecule has 2 aromatic heterocycles. The molecule has 2 aromatic rings. The van der Waals surface area contributed by atoms with Crippen molar-refractivity contribution in [1.29, 1.82) is 0 Å². The van der Waals surface area contributed by atoms with E-state index in [1.54, 1.807) is 24.5 Å². The molecule has 0 saturated carbocycles. The lowest BCUT2D eigenvalue weighted by atomic mass is 10.3. The number of carbonyl (C=O) groups excluding carboxylic acids is 1. The van der Waals surface area contributed by atoms with Crippen molar-refractivity contribution < 1.29 is 4.79 Å². The normalized spacial score (nSPS) is 14.8. The van der Waals surface area contributed by atoms with Crippen LogP contribution in [0.3, 0.4) is 0 Å². The highest BCUT2D eigenvalue weighted by atomic mass is 16.2. The molecule has 0 aromatic carbocycles. The summed E-state index contributed by atoms with van der Waals surface area (Å²) in [5, 5.41) is 2.52. The second-order valence-corrected chi connectivity index (χ2v) is 3.88. The number of anilines is 1. The number of rotatable bonds is 1. The van der Waals surface area contributed by atoms with Crippen LogP contribution in [0.15, 0.2) is 54.0 Å². The van der Waals surface area contributed by atoms with E-state index in [2.05, 4.69) is 21.9 Å². The molecular weight excluding hydrogens is 246 g/mol. The van der Waals surface area contributed by atoms with E-state index in [4.69, 9.17) is 0 Å². The molecule has 19 heavy (non-hydrogen) atoms. The highest BCUT2D eigenvalue weighted by molar-refractivity contribution is 5.96. The molecule has 0 radical (unpaired) electrons. The summed E-state index contributed by atoms with van der Waals surface area (Å²) in [6, 6.07) is 1.17. The van der Waals surface area contributed by atoms with E-state index < -0.39 is 6.03 Å². The zero-order chi connectivity index (χ0) is 13.4. The van der Waals surface area contributed by atoms with Crippen LogP contribution in [-0.4, -0.2) is 20.4 Å². The van der Waals surface area contributed by atoms with Gasteiger partial charge in [0.15, 0.2) is 0 Å². The average molecular weight is 255 g/mol. The van der Waals surface area contributed by atoms with Crippen LogP contribution < -0.4 is 15.8 Å². The van der Waals surface area contributed by atoms with Crippen molar-refractivity contribution in [2.45, 2.75) is 0 Å². The van der Waals surface area contributed by atoms with Gasteiger partial charge in [0.25, 0.3) is 5.56 Å². The number of hydrogen-bond donors (Lipinski definition) is 1. The SMILES string of the molecule is C=C1C=CN(c2cnc3ncccn3c2=O)C(=O)N1. The van der Waals surface area contributed by atoms with Crippen molar-refractivity contribution >= 4 is 17.5 Å². The number of amides is 2. The van der Waals surface area contributed by atoms with Crippen molar-refractivity contribution in [2.24, 2.45) is 0 Å². The van der Waals surface area contributed by atoms with Crippen LogP contribution >= 0.6 is 0 Å². The molecule has 1 aliphatic rings. The maximum atomic E-state index is 12.3. The molecule has 0 spiro atoms. The molecule has 3 rings (SSSR count). The van der Waals surface area contributed by atoms with Crippen LogP contribution in [0.2, 0.25) is 0 Å². The fourth-order valence-corrected chi connectivity index (χ4v) is 1.74. The van der Waals surface area contributed by atoms with Gasteiger partial charge in [-0.2, -0.15) is 0 Å². The quantitative estimate of drug-likeness (QED) is 0.811. The second-order valence-electron chi connectivity index (χ2n) is 3.88. The van der Waals surface area contributed by atoms with E-state index in [-0.39, 0.29) is 17.0 Å². The zero-order valence-corrected chi connectivity index (χ0v) is 9.78. The first-order valence-electron chi connectivity index (χ1n) is 5.46. The summed E-state index contributed by atoms with van der Waals surface area (Å²) in [5.41, 5.74) is 0.244. The van der Waals surface area contributed by atoms with Gasteiger partial charge in [-0.3, -0.25) is 14.1 Å². The number of aromatic nitrogens is 3. The van der Waals surface area contributed by atoms with Crippen LogP contribution in [0.5, 0.6) is 0 Å². The molecule has 1 N–H and O–H groups in total. The average Bonchev–Trinajstić information content (AvgIpc) is 2.41. The van der Waals surface area contributed by atoms with Crippen LogP contribution in [0, 0.1) is 0 Å². The lowest BCUT2D eigenvalue weighted by Crippen LogP contribution is -2.41. The van der Waals surface area contributed by atoms with E-state index in [0.717, 1.165) is 0 Å². The monoisotopic (exact) mass is 255 g/mol. The smallest absolute Gasteiger partial charge is 0.308 e. The topological polar surface area (TPSA) is 79.6 Å². The second kappa shape index (κ2) is 4.05. The Morgan fingerprint density at radius 3 is 2.89 bits per heavy atom. The van der Waals surface area contributed by atoms with Gasteiger partial charge in [-0.1, -0.05) is 6.58 Å². The molecule has 3 heterocycles. The minimum atomic E-state index is -0.449. The Labute approximate surface area is 107 Å². The highest BCUT2D eigenvalue weighted by Crippen LogP contribution is 2.12. The van der Waals surface area contributed by atoms with Crippen molar-refractivity contribution in [3.63, 3.8) is 0 Å². The van der Waals surface area contributed by atoms with E-state index >= 15 is 0 Å². The fraction of sp³-hybridized carbons (Fsp3) is 0. The third kappa shape index (κ3) is 1.77. The standard InChI is InChI=1S/C12H9N5O2/c1-8-3-6-16(12(19)15-8)9-7-14-11-13-4-2-5-17(11)10(9)18/h2-7H,1H2,(H,15,19). The Morgan fingerprint density at radius 1 is 1.26 bits per heavy atom. The molecule has 0 fully saturated rings. The maximum Gasteiger partial charge on any atom is 0.330 e. The molecule has 94 valence electrons. The summed E-state index contributed by atoms with van der Waals surface area (Å²) in [5.74, 6) is 0.280. The van der Waals surface area contributed by atoms with E-state index in [0.29, 0.717) is 5.70 Å². The Hall–Kier alpha value is -2.96. The van der Waals surface area contributed by atoms with Crippen molar-refractivity contribution in [3.8, 4) is 0 Å². The van der Waals surface area contributed by atoms with Gasteiger partial charge >= 0.3 is 6.03 Å². The van der Waals surface area contributed by atoms with Gasteiger partial charge in [0, 0.05) is 24.3 Å². The zero-order valence-electron chi connectivity index (χ0n) is 9.78. The van der Waals surface area contributed by atoms with Crippen LogP contribution in [0.4, 0.5) is 10.5 Å². The lowest BCUT2D eigenvalue weighted by Gasteiger charge is -2.22. The molecule has 0 atom stereocenters. The maximum absolute atomic E-state index is 12.3. The largest absolute Gasteiger partial charge is 0.330 e. The van der Waals surface area contributed by atoms with Gasteiger partial charge < -0.3 is 5.32 Å². The first kappa shape index (κ1) is 11.1. The lowest BCUT2D eigenvalue weighted by molar-refractivity contribution is 0.250. The van der Waals surface area contributed by atoms with Gasteiger partial charge in [-0.15, -0.1) is 0 Å². The van der Waals surface area contributed by atoms with Crippen LogP contribution in [0.1, 0.15) is 0 Å². The third-order valence-electron chi connectivity index (χ3n) is 2.64. The number of carbonyl (C=O) groups is 1. The molecule has 0 unspecified atom stereocenters. The van der Waals surface area contributed by atoms with Crippen molar-refractivity contribution in [1.82, 2.24) is 19.7 Å². The predicted octanol–water partition coefficient (Wildman–Crippen LogP) is 0.646. The number of nitrogens with one attached hydrogen (secondary N) is 1. The van der Waals surface area contributed by atoms with Crippen LogP contribution in [-0.2, 0) is 0 Å². The van der Waals surface area contributed by atoms with Gasteiger partial charge in [-0.05, 0) is 12.1 Å². The molecule has 0 bridgehead atoms. The predicted molar refractivity (Wildman–Crippen MR) is 68.5 cm³/mol. The number of nitrogens with zero attached hydrogens (tertiary/aromatic N) is 4. The Bertz CT molecular complexity index is 777. The van der Waals surface area contributed by atoms with Gasteiger partial charge in [0.2, 0.25) is 5.78 Å². The fourth-order valence-electron chi connectivity index (χ4n) is 1.74. The molecule has 7 heteroatoms. The summed E-state index contributed by atoms with van der Waals surface area (Å²) in [6.45, 7) is 3.61. The molecular formula is C12H9N5O2. The number of allylic oxidation sites excluding steroid dienone is 1. The Balaban J connectivity index is 2.19.